The lowest BCUT2D eigenvalue weighted by molar-refractivity contribution is 0.0916. The molecular weight excluding hydrogens is 402 g/mol. The van der Waals surface area contributed by atoms with Gasteiger partial charge in [0, 0.05) is 35.5 Å². The van der Waals surface area contributed by atoms with Gasteiger partial charge in [0.15, 0.2) is 0 Å². The Kier molecular flexibility index (Phi) is 4.63. The number of pyridine rings is 1. The summed E-state index contributed by atoms with van der Waals surface area (Å²) in [6.07, 6.45) is 9.31. The quantitative estimate of drug-likeness (QED) is 0.601. The fourth-order valence-electron chi connectivity index (χ4n) is 6.22. The Balaban J connectivity index is 1.39. The van der Waals surface area contributed by atoms with Crippen LogP contribution in [0.25, 0.3) is 22.4 Å². The summed E-state index contributed by atoms with van der Waals surface area (Å²) in [7, 11) is 0. The van der Waals surface area contributed by atoms with Crippen molar-refractivity contribution in [3.05, 3.63) is 29.2 Å². The number of carbonyl (C=O) groups is 1. The molecule has 4 atom stereocenters. The first-order valence-electron chi connectivity index (χ1n) is 12.2. The van der Waals surface area contributed by atoms with Gasteiger partial charge < -0.3 is 9.84 Å². The molecule has 3 aromatic heterocycles. The molecule has 1 amide bonds. The van der Waals surface area contributed by atoms with Gasteiger partial charge in [0.2, 0.25) is 0 Å². The Morgan fingerprint density at radius 1 is 1.28 bits per heavy atom. The molecule has 6 rings (SSSR count). The Morgan fingerprint density at radius 2 is 2.12 bits per heavy atom. The van der Waals surface area contributed by atoms with E-state index in [-0.39, 0.29) is 11.9 Å². The number of hydrogen-bond acceptors (Lipinski definition) is 5. The summed E-state index contributed by atoms with van der Waals surface area (Å²) in [6.45, 7) is 7.03. The molecule has 3 aromatic rings. The molecule has 3 aliphatic rings. The Bertz CT molecular complexity index is 1190. The second-order valence-electron chi connectivity index (χ2n) is 10.1. The molecule has 0 radical (unpaired) electrons. The van der Waals surface area contributed by atoms with E-state index in [4.69, 9.17) is 9.51 Å². The number of rotatable bonds is 6. The van der Waals surface area contributed by atoms with E-state index < -0.39 is 0 Å². The van der Waals surface area contributed by atoms with Gasteiger partial charge in [0.1, 0.15) is 5.69 Å². The maximum absolute atomic E-state index is 13.6. The van der Waals surface area contributed by atoms with E-state index >= 15 is 0 Å². The predicted molar refractivity (Wildman–Crippen MR) is 121 cm³/mol. The smallest absolute Gasteiger partial charge is 0.259 e. The third kappa shape index (κ3) is 3.16. The van der Waals surface area contributed by atoms with Crippen LogP contribution < -0.4 is 5.32 Å². The van der Waals surface area contributed by atoms with E-state index in [9.17, 15) is 4.79 Å². The highest BCUT2D eigenvalue weighted by Crippen LogP contribution is 2.49. The van der Waals surface area contributed by atoms with Crippen molar-refractivity contribution in [3.8, 4) is 11.3 Å². The van der Waals surface area contributed by atoms with Gasteiger partial charge in [-0.15, -0.1) is 0 Å². The zero-order chi connectivity index (χ0) is 22.0. The molecule has 0 aromatic carbocycles. The second-order valence-corrected chi connectivity index (χ2v) is 10.1. The molecular formula is C25H31N5O2. The summed E-state index contributed by atoms with van der Waals surface area (Å²) in [5.74, 6) is 2.60. The van der Waals surface area contributed by atoms with Crippen LogP contribution in [0.5, 0.6) is 0 Å². The minimum absolute atomic E-state index is 0.0421. The third-order valence-electron chi connectivity index (χ3n) is 8.16. The molecule has 2 bridgehead atoms. The van der Waals surface area contributed by atoms with Crippen molar-refractivity contribution >= 4 is 17.0 Å². The average molecular weight is 434 g/mol. The molecule has 3 aliphatic carbocycles. The fraction of sp³-hybridized carbons (Fsp3) is 0.600. The van der Waals surface area contributed by atoms with Crippen molar-refractivity contribution < 1.29 is 9.32 Å². The number of carbonyl (C=O) groups excluding carboxylic acids is 1. The van der Waals surface area contributed by atoms with Crippen LogP contribution in [-0.2, 0) is 6.54 Å². The van der Waals surface area contributed by atoms with Crippen LogP contribution in [-0.4, -0.2) is 31.9 Å². The lowest BCUT2D eigenvalue weighted by atomic mass is 9.84. The monoisotopic (exact) mass is 433 g/mol. The second kappa shape index (κ2) is 7.42. The molecule has 7 heteroatoms. The van der Waals surface area contributed by atoms with Crippen molar-refractivity contribution in [2.75, 3.05) is 0 Å². The summed E-state index contributed by atoms with van der Waals surface area (Å²) < 4.78 is 7.61. The van der Waals surface area contributed by atoms with Gasteiger partial charge in [0.25, 0.3) is 11.6 Å². The Labute approximate surface area is 187 Å². The first-order valence-corrected chi connectivity index (χ1v) is 12.2. The number of aryl methyl sites for hydroxylation is 1. The van der Waals surface area contributed by atoms with Gasteiger partial charge in [-0.3, -0.25) is 9.48 Å². The van der Waals surface area contributed by atoms with Crippen LogP contribution in [0.15, 0.2) is 16.8 Å². The third-order valence-corrected chi connectivity index (χ3v) is 8.16. The van der Waals surface area contributed by atoms with Crippen LogP contribution in [0, 0.1) is 24.7 Å². The van der Waals surface area contributed by atoms with Crippen molar-refractivity contribution in [3.63, 3.8) is 0 Å². The van der Waals surface area contributed by atoms with Gasteiger partial charge in [-0.25, -0.2) is 4.98 Å². The number of fused-ring (bicyclic) bond motifs is 3. The predicted octanol–water partition coefficient (Wildman–Crippen LogP) is 4.85. The number of hydrogen-bond donors (Lipinski definition) is 1. The topological polar surface area (TPSA) is 85.8 Å². The first kappa shape index (κ1) is 19.9. The summed E-state index contributed by atoms with van der Waals surface area (Å²) >= 11 is 0. The van der Waals surface area contributed by atoms with Crippen molar-refractivity contribution in [2.45, 2.75) is 77.8 Å². The summed E-state index contributed by atoms with van der Waals surface area (Å²) in [5, 5.41) is 12.9. The largest absolute Gasteiger partial charge is 0.349 e. The van der Waals surface area contributed by atoms with Gasteiger partial charge in [-0.2, -0.15) is 5.10 Å². The molecule has 32 heavy (non-hydrogen) atoms. The number of nitrogens with one attached hydrogen (secondary N) is 1. The van der Waals surface area contributed by atoms with E-state index in [1.54, 1.807) is 0 Å². The molecule has 3 fully saturated rings. The molecule has 0 unspecified atom stereocenters. The molecule has 0 saturated heterocycles. The maximum atomic E-state index is 13.6. The highest BCUT2D eigenvalue weighted by Gasteiger charge is 2.42. The van der Waals surface area contributed by atoms with E-state index in [1.807, 2.05) is 23.9 Å². The van der Waals surface area contributed by atoms with Crippen molar-refractivity contribution in [2.24, 2.45) is 17.8 Å². The summed E-state index contributed by atoms with van der Waals surface area (Å²) in [6, 6.07) is 2.14. The van der Waals surface area contributed by atoms with Gasteiger partial charge in [-0.05, 0) is 76.7 Å². The average Bonchev–Trinajstić information content (AvgIpc) is 3.12. The van der Waals surface area contributed by atoms with Crippen LogP contribution in [0.3, 0.4) is 0 Å². The summed E-state index contributed by atoms with van der Waals surface area (Å²) in [5.41, 5.74) is 4.58. The maximum Gasteiger partial charge on any atom is 0.259 e. The first-order chi connectivity index (χ1) is 15.5. The zero-order valence-electron chi connectivity index (χ0n) is 19.1. The Morgan fingerprint density at radius 3 is 2.78 bits per heavy atom. The molecule has 1 N–H and O–H groups in total. The minimum atomic E-state index is -0.0421. The highest BCUT2D eigenvalue weighted by molar-refractivity contribution is 6.09. The van der Waals surface area contributed by atoms with E-state index in [0.717, 1.165) is 48.2 Å². The van der Waals surface area contributed by atoms with Gasteiger partial charge in [0.05, 0.1) is 17.1 Å². The van der Waals surface area contributed by atoms with E-state index in [1.165, 1.54) is 25.7 Å². The lowest BCUT2D eigenvalue weighted by Gasteiger charge is -2.28. The summed E-state index contributed by atoms with van der Waals surface area (Å²) in [4.78, 5) is 18.4. The SMILES string of the molecule is CCn1ncc(-c2noc3nc(C4CC4)cc(C(=O)N[C@H](C)[C@@H]4C[C@@H]5CC[C@@H]4C5)c23)c1C. The Hall–Kier alpha value is -2.70. The normalized spacial score (nSPS) is 25.5. The van der Waals surface area contributed by atoms with Gasteiger partial charge in [-0.1, -0.05) is 11.6 Å². The molecule has 0 spiro atoms. The number of amides is 1. The molecule has 7 nitrogen and oxygen atoms in total. The standard InChI is InChI=1S/C25H31N5O2/c1-4-30-14(3)20(12-26-30)23-22-19(11-21(16-7-8-16)28-25(22)32-29-23)24(31)27-13(2)18-10-15-5-6-17(18)9-15/h11-13,15-18H,4-10H2,1-3H3,(H,27,31)/t13-,15-,17-,18+/m1/s1. The zero-order valence-corrected chi connectivity index (χ0v) is 19.1. The molecule has 3 heterocycles. The minimum Gasteiger partial charge on any atom is -0.349 e. The fourth-order valence-corrected chi connectivity index (χ4v) is 6.22. The highest BCUT2D eigenvalue weighted by atomic mass is 16.5. The van der Waals surface area contributed by atoms with E-state index in [0.29, 0.717) is 34.2 Å². The number of aromatic nitrogens is 4. The molecule has 0 aliphatic heterocycles. The van der Waals surface area contributed by atoms with E-state index in [2.05, 4.69) is 29.4 Å². The van der Waals surface area contributed by atoms with Crippen LogP contribution in [0.1, 0.15) is 80.0 Å². The number of nitrogens with zero attached hydrogens (tertiary/aromatic N) is 4. The van der Waals surface area contributed by atoms with Crippen molar-refractivity contribution in [1.29, 1.82) is 0 Å². The van der Waals surface area contributed by atoms with Crippen molar-refractivity contribution in [1.82, 2.24) is 25.2 Å². The van der Waals surface area contributed by atoms with Crippen LogP contribution >= 0.6 is 0 Å². The molecule has 168 valence electrons. The lowest BCUT2D eigenvalue weighted by Crippen LogP contribution is -2.40. The van der Waals surface area contributed by atoms with Crippen LogP contribution in [0.4, 0.5) is 0 Å². The molecule has 3 saturated carbocycles. The van der Waals surface area contributed by atoms with Gasteiger partial charge >= 0.3 is 0 Å². The van der Waals surface area contributed by atoms with Crippen LogP contribution in [0.2, 0.25) is 0 Å².